The van der Waals surface area contributed by atoms with Gasteiger partial charge >= 0.3 is 0 Å². The molecule has 148 valence electrons. The second kappa shape index (κ2) is 6.05. The number of rotatable bonds is 3. The largest absolute Gasteiger partial charge is 0.322 e. The quantitative estimate of drug-likeness (QED) is 0.723. The number of nitrogens with zero attached hydrogens (tertiary/aromatic N) is 2. The van der Waals surface area contributed by atoms with Crippen LogP contribution in [0.4, 0.5) is 8.78 Å². The summed E-state index contributed by atoms with van der Waals surface area (Å²) >= 11 is 0. The first kappa shape index (κ1) is 17.7. The Kier molecular flexibility index (Phi) is 3.82. The maximum atomic E-state index is 13.8. The third-order valence-corrected chi connectivity index (χ3v) is 6.15. The zero-order valence-electron chi connectivity index (χ0n) is 15.1. The molecule has 9 heteroatoms. The second-order valence-corrected chi connectivity index (χ2v) is 7.91. The molecule has 3 amide bonds. The highest BCUT2D eigenvalue weighted by atomic mass is 19.3. The average Bonchev–Trinajstić information content (AvgIpc) is 3.08. The standard InChI is InChI=1S/C19H20F2N4O3/c20-19(21)15-16(19)24(6-5-22-15)8-10-1-2-11-9-25(18(28)12(11)7-10)13-3-4-14(26)23-17(13)27/h1-2,7,13,15-16,22H,3-6,8-9H2,(H,23,26,27). The number of fused-ring (bicyclic) bond motifs is 2. The Morgan fingerprint density at radius 3 is 2.82 bits per heavy atom. The summed E-state index contributed by atoms with van der Waals surface area (Å²) in [4.78, 5) is 39.6. The maximum absolute atomic E-state index is 13.8. The SMILES string of the molecule is O=C1CCC(N2Cc3ccc(CN4CCNC5C4C5(F)F)cc3C2=O)C(=O)N1. The molecule has 5 rings (SSSR count). The molecule has 0 bridgehead atoms. The topological polar surface area (TPSA) is 81.8 Å². The van der Waals surface area contributed by atoms with E-state index in [2.05, 4.69) is 10.6 Å². The average molecular weight is 390 g/mol. The Morgan fingerprint density at radius 2 is 2.04 bits per heavy atom. The molecule has 3 atom stereocenters. The van der Waals surface area contributed by atoms with Crippen LogP contribution in [-0.2, 0) is 22.7 Å². The number of hydrogen-bond donors (Lipinski definition) is 2. The van der Waals surface area contributed by atoms with Crippen LogP contribution in [0.15, 0.2) is 18.2 Å². The van der Waals surface area contributed by atoms with E-state index in [-0.39, 0.29) is 18.2 Å². The fourth-order valence-electron chi connectivity index (χ4n) is 4.63. The number of piperidine rings is 1. The van der Waals surface area contributed by atoms with E-state index in [1.54, 1.807) is 11.0 Å². The molecule has 1 saturated carbocycles. The van der Waals surface area contributed by atoms with Gasteiger partial charge in [-0.25, -0.2) is 8.78 Å². The van der Waals surface area contributed by atoms with Crippen molar-refractivity contribution in [1.29, 1.82) is 0 Å². The van der Waals surface area contributed by atoms with E-state index in [1.165, 1.54) is 4.90 Å². The van der Waals surface area contributed by atoms with Gasteiger partial charge in [0.05, 0.1) is 12.1 Å². The summed E-state index contributed by atoms with van der Waals surface area (Å²) in [7, 11) is 0. The molecule has 2 N–H and O–H groups in total. The van der Waals surface area contributed by atoms with Crippen LogP contribution in [0.25, 0.3) is 0 Å². The smallest absolute Gasteiger partial charge is 0.281 e. The van der Waals surface area contributed by atoms with E-state index in [9.17, 15) is 23.2 Å². The fraction of sp³-hybridized carbons (Fsp3) is 0.526. The lowest BCUT2D eigenvalue weighted by Crippen LogP contribution is -2.52. The molecule has 3 heterocycles. The number of carbonyl (C=O) groups excluding carboxylic acids is 3. The van der Waals surface area contributed by atoms with Crippen molar-refractivity contribution in [2.75, 3.05) is 13.1 Å². The van der Waals surface area contributed by atoms with Gasteiger partial charge in [-0.2, -0.15) is 0 Å². The Morgan fingerprint density at radius 1 is 1.21 bits per heavy atom. The van der Waals surface area contributed by atoms with Crippen LogP contribution in [-0.4, -0.2) is 64.7 Å². The number of alkyl halides is 2. The molecule has 3 fully saturated rings. The van der Waals surface area contributed by atoms with Crippen molar-refractivity contribution in [3.05, 3.63) is 34.9 Å². The van der Waals surface area contributed by atoms with Crippen LogP contribution < -0.4 is 10.6 Å². The van der Waals surface area contributed by atoms with Gasteiger partial charge in [-0.1, -0.05) is 12.1 Å². The molecule has 0 aromatic heterocycles. The summed E-state index contributed by atoms with van der Waals surface area (Å²) in [6.45, 7) is 1.72. The summed E-state index contributed by atoms with van der Waals surface area (Å²) in [6, 6.07) is 3.23. The van der Waals surface area contributed by atoms with Crippen molar-refractivity contribution in [3.8, 4) is 0 Å². The number of imide groups is 1. The van der Waals surface area contributed by atoms with Crippen molar-refractivity contribution >= 4 is 17.7 Å². The van der Waals surface area contributed by atoms with Crippen molar-refractivity contribution < 1.29 is 23.2 Å². The first-order valence-electron chi connectivity index (χ1n) is 9.48. The molecular formula is C19H20F2N4O3. The normalized spacial score (nSPS) is 31.4. The van der Waals surface area contributed by atoms with Gasteiger partial charge in [-0.15, -0.1) is 0 Å². The number of piperazine rings is 1. The monoisotopic (exact) mass is 390 g/mol. The van der Waals surface area contributed by atoms with Gasteiger partial charge in [-0.05, 0) is 23.6 Å². The highest BCUT2D eigenvalue weighted by Gasteiger charge is 2.71. The molecule has 1 aliphatic carbocycles. The van der Waals surface area contributed by atoms with Crippen molar-refractivity contribution in [3.63, 3.8) is 0 Å². The first-order valence-corrected chi connectivity index (χ1v) is 9.48. The number of nitrogens with one attached hydrogen (secondary N) is 2. The summed E-state index contributed by atoms with van der Waals surface area (Å²) in [5.74, 6) is -3.72. The number of hydrogen-bond acceptors (Lipinski definition) is 5. The fourth-order valence-corrected chi connectivity index (χ4v) is 4.63. The van der Waals surface area contributed by atoms with Crippen molar-refractivity contribution in [2.24, 2.45) is 0 Å². The van der Waals surface area contributed by atoms with Gasteiger partial charge in [-0.3, -0.25) is 24.6 Å². The molecule has 2 saturated heterocycles. The van der Waals surface area contributed by atoms with Gasteiger partial charge in [0.25, 0.3) is 11.8 Å². The molecule has 1 aromatic rings. The Balaban J connectivity index is 1.33. The van der Waals surface area contributed by atoms with Crippen LogP contribution in [0, 0.1) is 0 Å². The van der Waals surface area contributed by atoms with Gasteiger partial charge in [0.2, 0.25) is 11.8 Å². The molecule has 3 unspecified atom stereocenters. The summed E-state index contributed by atoms with van der Waals surface area (Å²) in [5, 5.41) is 5.13. The lowest BCUT2D eigenvalue weighted by molar-refractivity contribution is -0.136. The predicted molar refractivity (Wildman–Crippen MR) is 93.4 cm³/mol. The van der Waals surface area contributed by atoms with Gasteiger partial charge in [0.15, 0.2) is 0 Å². The zero-order valence-corrected chi connectivity index (χ0v) is 15.1. The Bertz CT molecular complexity index is 890. The minimum Gasteiger partial charge on any atom is -0.322 e. The molecule has 1 aromatic carbocycles. The number of amides is 3. The van der Waals surface area contributed by atoms with Crippen molar-refractivity contribution in [2.45, 2.75) is 50.0 Å². The van der Waals surface area contributed by atoms with Gasteiger partial charge in [0.1, 0.15) is 6.04 Å². The maximum Gasteiger partial charge on any atom is 0.281 e. The molecule has 3 aliphatic heterocycles. The molecule has 0 spiro atoms. The molecular weight excluding hydrogens is 370 g/mol. The van der Waals surface area contributed by atoms with Crippen LogP contribution in [0.2, 0.25) is 0 Å². The van der Waals surface area contributed by atoms with Gasteiger partial charge in [0, 0.05) is 38.2 Å². The minimum atomic E-state index is -2.70. The number of benzene rings is 1. The summed E-state index contributed by atoms with van der Waals surface area (Å²) in [5.41, 5.74) is 2.13. The van der Waals surface area contributed by atoms with E-state index in [4.69, 9.17) is 0 Å². The van der Waals surface area contributed by atoms with E-state index >= 15 is 0 Å². The lowest BCUT2D eigenvalue weighted by atomic mass is 10.0. The zero-order chi connectivity index (χ0) is 19.6. The van der Waals surface area contributed by atoms with Crippen LogP contribution in [0.5, 0.6) is 0 Å². The highest BCUT2D eigenvalue weighted by Crippen LogP contribution is 2.48. The minimum absolute atomic E-state index is 0.210. The van der Waals surface area contributed by atoms with Crippen molar-refractivity contribution in [1.82, 2.24) is 20.4 Å². The predicted octanol–water partition coefficient (Wildman–Crippen LogP) is 0.239. The number of carbonyl (C=O) groups is 3. The third kappa shape index (κ3) is 2.64. The van der Waals surface area contributed by atoms with Gasteiger partial charge < -0.3 is 10.2 Å². The van der Waals surface area contributed by atoms with Crippen LogP contribution in [0.1, 0.15) is 34.3 Å². The summed E-state index contributed by atoms with van der Waals surface area (Å²) < 4.78 is 27.7. The Hall–Kier alpha value is -2.39. The molecule has 7 nitrogen and oxygen atoms in total. The Labute approximate surface area is 160 Å². The van der Waals surface area contributed by atoms with E-state index in [0.717, 1.165) is 11.1 Å². The van der Waals surface area contributed by atoms with Crippen LogP contribution in [0.3, 0.4) is 0 Å². The third-order valence-electron chi connectivity index (χ3n) is 6.15. The van der Waals surface area contributed by atoms with E-state index in [0.29, 0.717) is 38.2 Å². The number of halogens is 2. The first-order chi connectivity index (χ1) is 13.4. The summed E-state index contributed by atoms with van der Waals surface area (Å²) in [6.07, 6.45) is 0.526. The lowest BCUT2D eigenvalue weighted by Gasteiger charge is -2.29. The molecule has 0 radical (unpaired) electrons. The van der Waals surface area contributed by atoms with E-state index < -0.39 is 30.0 Å². The molecule has 28 heavy (non-hydrogen) atoms. The highest BCUT2D eigenvalue weighted by molar-refractivity contribution is 6.05. The van der Waals surface area contributed by atoms with E-state index in [1.807, 2.05) is 12.1 Å². The van der Waals surface area contributed by atoms with Crippen LogP contribution >= 0.6 is 0 Å². The molecule has 4 aliphatic rings. The second-order valence-electron chi connectivity index (χ2n) is 7.91.